The smallest absolute Gasteiger partial charge is 0.135 e. The molecule has 1 aliphatic rings. The predicted octanol–water partition coefficient (Wildman–Crippen LogP) is 18.2. The van der Waals surface area contributed by atoms with Gasteiger partial charge in [-0.15, -0.1) is 48.1 Å². The van der Waals surface area contributed by atoms with E-state index in [2.05, 4.69) is 129 Å². The molecular formula is C67H61N4OPt-3. The van der Waals surface area contributed by atoms with Gasteiger partial charge in [0.15, 0.2) is 0 Å². The Hall–Kier alpha value is -7.20. The van der Waals surface area contributed by atoms with Crippen molar-refractivity contribution >= 4 is 44.6 Å². The molecule has 0 spiro atoms. The molecule has 0 saturated carbocycles. The summed E-state index contributed by atoms with van der Waals surface area (Å²) in [6.07, 6.45) is 1.53. The summed E-state index contributed by atoms with van der Waals surface area (Å²) < 4.78 is 77.8. The van der Waals surface area contributed by atoms with Crippen LogP contribution in [0.4, 0.5) is 22.7 Å². The number of ether oxygens (including phenoxy) is 1. The maximum atomic E-state index is 9.25. The zero-order valence-corrected chi connectivity index (χ0v) is 44.8. The summed E-state index contributed by atoms with van der Waals surface area (Å²) in [6.45, 7) is 19.4. The Bertz CT molecular complexity index is 4030. The van der Waals surface area contributed by atoms with E-state index in [0.29, 0.717) is 39.8 Å². The molecule has 6 heteroatoms. The summed E-state index contributed by atoms with van der Waals surface area (Å²) in [5.41, 5.74) is 12.1. The van der Waals surface area contributed by atoms with Crippen molar-refractivity contribution in [1.82, 2.24) is 9.55 Å². The van der Waals surface area contributed by atoms with E-state index in [9.17, 15) is 2.74 Å². The first kappa shape index (κ1) is 40.3. The molecule has 10 aromatic rings. The summed E-state index contributed by atoms with van der Waals surface area (Å²) >= 11 is 0. The number of pyridine rings is 1. The average molecular weight is 1140 g/mol. The molecule has 3 heterocycles. The van der Waals surface area contributed by atoms with E-state index in [1.54, 1.807) is 6.07 Å². The Balaban J connectivity index is 0.00000736. The van der Waals surface area contributed by atoms with Crippen LogP contribution in [0.25, 0.3) is 61.0 Å². The summed E-state index contributed by atoms with van der Waals surface area (Å²) in [4.78, 5) is 8.77. The Morgan fingerprint density at radius 3 is 1.88 bits per heavy atom. The zero-order valence-electron chi connectivity index (χ0n) is 50.5. The van der Waals surface area contributed by atoms with Crippen LogP contribution in [0.5, 0.6) is 11.5 Å². The average Bonchev–Trinajstić information content (AvgIpc) is 4.15. The van der Waals surface area contributed by atoms with Crippen molar-refractivity contribution in [3.05, 3.63) is 223 Å². The van der Waals surface area contributed by atoms with E-state index >= 15 is 0 Å². The molecule has 0 saturated heterocycles. The van der Waals surface area contributed by atoms with Crippen molar-refractivity contribution < 1.29 is 36.8 Å². The monoisotopic (exact) mass is 1140 g/mol. The van der Waals surface area contributed by atoms with Crippen LogP contribution < -0.4 is 14.5 Å². The first-order valence-corrected chi connectivity index (χ1v) is 24.4. The van der Waals surface area contributed by atoms with Gasteiger partial charge in [0.2, 0.25) is 0 Å². The van der Waals surface area contributed by atoms with Crippen molar-refractivity contribution in [1.29, 1.82) is 0 Å². The van der Waals surface area contributed by atoms with Crippen molar-refractivity contribution in [2.45, 2.75) is 85.4 Å². The Labute approximate surface area is 457 Å². The number of fused-ring (bicyclic) bond motifs is 4. The SMILES string of the molecule is [2H]c1c([2H])c([2H])c(-c2cccc(-c3cc(C(C)(C)C)cc(C(C)(C)C)c3)c2N2[CH-]N(c3[c-]c(Oc4[c-]c5c(cc4)c4cc(-c6ccc(C(C)(C)C)cc6)ccc4n5-c4cc(C([2H])([2H])[2H])ccn4)ccc3)c3ccccc32)c([2H])c1[2H].[Pt]. The summed E-state index contributed by atoms with van der Waals surface area (Å²) in [5.74, 6) is 1.24. The van der Waals surface area contributed by atoms with Gasteiger partial charge in [-0.25, -0.2) is 4.98 Å². The third-order valence-corrected chi connectivity index (χ3v) is 13.6. The zero-order chi connectivity index (χ0) is 57.0. The maximum Gasteiger partial charge on any atom is 0.135 e. The van der Waals surface area contributed by atoms with Gasteiger partial charge in [-0.2, -0.15) is 12.1 Å². The van der Waals surface area contributed by atoms with Crippen LogP contribution in [0.3, 0.4) is 0 Å². The first-order valence-electron chi connectivity index (χ1n) is 28.4. The van der Waals surface area contributed by atoms with Gasteiger partial charge < -0.3 is 19.1 Å². The second-order valence-electron chi connectivity index (χ2n) is 21.7. The van der Waals surface area contributed by atoms with Gasteiger partial charge in [0.1, 0.15) is 5.82 Å². The molecule has 0 aliphatic carbocycles. The van der Waals surface area contributed by atoms with Crippen molar-refractivity contribution in [3.8, 4) is 50.7 Å². The molecule has 0 amide bonds. The second kappa shape index (κ2) is 19.0. The fraction of sp³-hybridized carbons (Fsp3) is 0.194. The second-order valence-corrected chi connectivity index (χ2v) is 21.7. The number of hydrogen-bond donors (Lipinski definition) is 0. The topological polar surface area (TPSA) is 33.5 Å². The Morgan fingerprint density at radius 2 is 1.19 bits per heavy atom. The minimum Gasteiger partial charge on any atom is -0.509 e. The van der Waals surface area contributed by atoms with Gasteiger partial charge in [-0.05, 0) is 103 Å². The summed E-state index contributed by atoms with van der Waals surface area (Å²) in [6, 6.07) is 53.2. The van der Waals surface area contributed by atoms with Crippen LogP contribution in [0, 0.1) is 25.7 Å². The molecule has 73 heavy (non-hydrogen) atoms. The van der Waals surface area contributed by atoms with Gasteiger partial charge in [0.05, 0.1) is 6.85 Å². The quantitative estimate of drug-likeness (QED) is 0.142. The van der Waals surface area contributed by atoms with Crippen LogP contribution in [-0.2, 0) is 37.3 Å². The fourth-order valence-corrected chi connectivity index (χ4v) is 9.61. The number of anilines is 4. The van der Waals surface area contributed by atoms with Crippen molar-refractivity contribution in [3.63, 3.8) is 0 Å². The molecule has 0 radical (unpaired) electrons. The number of rotatable bonds is 8. The van der Waals surface area contributed by atoms with Crippen LogP contribution >= 0.6 is 0 Å². The van der Waals surface area contributed by atoms with Crippen LogP contribution in [0.15, 0.2) is 182 Å². The molecule has 0 N–H and O–H groups in total. The van der Waals surface area contributed by atoms with Crippen molar-refractivity contribution in [2.75, 3.05) is 9.80 Å². The molecule has 0 bridgehead atoms. The number of aromatic nitrogens is 2. The number of benzene rings is 8. The van der Waals surface area contributed by atoms with Crippen LogP contribution in [-0.4, -0.2) is 9.55 Å². The molecule has 0 unspecified atom stereocenters. The number of hydrogen-bond acceptors (Lipinski definition) is 4. The van der Waals surface area contributed by atoms with Crippen molar-refractivity contribution in [2.24, 2.45) is 0 Å². The van der Waals surface area contributed by atoms with E-state index in [1.165, 1.54) is 17.8 Å². The van der Waals surface area contributed by atoms with Gasteiger partial charge in [-0.1, -0.05) is 183 Å². The van der Waals surface area contributed by atoms with Crippen LogP contribution in [0.2, 0.25) is 0 Å². The number of aryl methyl sites for hydroxylation is 1. The predicted molar refractivity (Wildman–Crippen MR) is 301 cm³/mol. The number of nitrogens with zero attached hydrogens (tertiary/aromatic N) is 4. The summed E-state index contributed by atoms with van der Waals surface area (Å²) in [5, 5.41) is 1.82. The molecule has 1 aliphatic heterocycles. The largest absolute Gasteiger partial charge is 0.509 e. The Morgan fingerprint density at radius 1 is 0.548 bits per heavy atom. The molecule has 8 aromatic carbocycles. The standard InChI is InChI=1S/C67H61N4O.Pt/c1-44-34-35-68-63(36-44)71-59-33-28-47(45-26-29-49(30-27-45)65(2,3)4)39-58(59)57-32-31-54(42-62(57)71)72-53-21-16-20-52(41-53)69-43-70(61-25-15-14-24-60(61)69)64-55(46-18-12-11-13-19-46)22-17-23-56(64)48-37-50(66(5,6)7)40-51(38-48)67(8,9)10;/h11-40,43H,1-10H3;/q-3;/i1D3,11D,12D,13D,18D,19D;. The molecule has 0 fully saturated rings. The van der Waals surface area contributed by atoms with E-state index in [4.69, 9.17) is 17.9 Å². The fourth-order valence-electron chi connectivity index (χ4n) is 9.61. The van der Waals surface area contributed by atoms with E-state index in [0.717, 1.165) is 61.0 Å². The third-order valence-electron chi connectivity index (χ3n) is 13.6. The minimum absolute atomic E-state index is 0. The maximum absolute atomic E-state index is 9.25. The molecule has 5 nitrogen and oxygen atoms in total. The normalized spacial score (nSPS) is 14.6. The van der Waals surface area contributed by atoms with E-state index < -0.39 is 25.0 Å². The molecule has 11 rings (SSSR count). The minimum atomic E-state index is -2.35. The first-order chi connectivity index (χ1) is 37.8. The summed E-state index contributed by atoms with van der Waals surface area (Å²) in [7, 11) is 0. The van der Waals surface area contributed by atoms with Gasteiger partial charge in [-0.3, -0.25) is 0 Å². The van der Waals surface area contributed by atoms with Crippen LogP contribution in [0.1, 0.15) is 95.5 Å². The Kier molecular flexibility index (Phi) is 10.5. The van der Waals surface area contributed by atoms with Gasteiger partial charge >= 0.3 is 0 Å². The molecular weight excluding hydrogens is 1070 g/mol. The molecule has 2 aromatic heterocycles. The van der Waals surface area contributed by atoms with Gasteiger partial charge in [0.25, 0.3) is 0 Å². The molecule has 368 valence electrons. The third kappa shape index (κ3) is 9.52. The van der Waals surface area contributed by atoms with E-state index in [1.807, 2.05) is 99.9 Å². The van der Waals surface area contributed by atoms with Gasteiger partial charge in [0, 0.05) is 76.6 Å². The molecule has 0 atom stereocenters. The van der Waals surface area contributed by atoms with E-state index in [-0.39, 0.29) is 60.5 Å². The number of para-hydroxylation sites is 3.